The Balaban J connectivity index is 2.18. The zero-order chi connectivity index (χ0) is 15.5. The Kier molecular flexibility index (Phi) is 4.83. The zero-order valence-corrected chi connectivity index (χ0v) is 12.8. The number of hydrogen-bond acceptors (Lipinski definition) is 5. The van der Waals surface area contributed by atoms with Crippen molar-refractivity contribution in [2.24, 2.45) is 5.92 Å². The lowest BCUT2D eigenvalue weighted by molar-refractivity contribution is 0.121. The number of hydrogen-bond donors (Lipinski definition) is 1. The molecule has 0 aliphatic carbocycles. The third-order valence-electron chi connectivity index (χ3n) is 3.73. The minimum Gasteiger partial charge on any atom is -0.398 e. The second kappa shape index (κ2) is 6.43. The molecule has 114 valence electrons. The van der Waals surface area contributed by atoms with Crippen molar-refractivity contribution in [3.63, 3.8) is 0 Å². The van der Waals surface area contributed by atoms with Crippen molar-refractivity contribution in [2.75, 3.05) is 32.5 Å². The van der Waals surface area contributed by atoms with E-state index in [1.807, 2.05) is 6.07 Å². The topological polar surface area (TPSA) is 96.4 Å². The van der Waals surface area contributed by atoms with Crippen molar-refractivity contribution < 1.29 is 13.2 Å². The lowest BCUT2D eigenvalue weighted by Crippen LogP contribution is -2.39. The summed E-state index contributed by atoms with van der Waals surface area (Å²) in [5, 5.41) is 8.81. The minimum absolute atomic E-state index is 0.0756. The van der Waals surface area contributed by atoms with Crippen LogP contribution in [-0.4, -0.2) is 39.5 Å². The van der Waals surface area contributed by atoms with Gasteiger partial charge in [-0.3, -0.25) is 0 Å². The Labute approximate surface area is 125 Å². The number of nitriles is 1. The molecule has 0 aromatic heterocycles. The molecule has 1 aliphatic heterocycles. The first-order chi connectivity index (χ1) is 9.98. The van der Waals surface area contributed by atoms with E-state index in [0.29, 0.717) is 31.2 Å². The van der Waals surface area contributed by atoms with Crippen LogP contribution in [0, 0.1) is 17.2 Å². The second-order valence-electron chi connectivity index (χ2n) is 5.17. The van der Waals surface area contributed by atoms with E-state index >= 15 is 0 Å². The maximum atomic E-state index is 12.6. The Morgan fingerprint density at radius 2 is 2.10 bits per heavy atom. The fourth-order valence-electron chi connectivity index (χ4n) is 2.54. The number of nitrogen functional groups attached to an aromatic ring is 1. The number of nitrogens with zero attached hydrogens (tertiary/aromatic N) is 2. The summed E-state index contributed by atoms with van der Waals surface area (Å²) in [4.78, 5) is 0.0756. The number of piperidine rings is 1. The Morgan fingerprint density at radius 3 is 2.62 bits per heavy atom. The van der Waals surface area contributed by atoms with E-state index in [0.717, 1.165) is 12.8 Å². The van der Waals surface area contributed by atoms with Gasteiger partial charge in [0.25, 0.3) is 0 Å². The van der Waals surface area contributed by atoms with Crippen molar-refractivity contribution in [1.82, 2.24) is 4.31 Å². The molecule has 0 amide bonds. The van der Waals surface area contributed by atoms with E-state index in [4.69, 9.17) is 15.7 Å². The van der Waals surface area contributed by atoms with Crippen LogP contribution in [0.2, 0.25) is 0 Å². The van der Waals surface area contributed by atoms with E-state index in [2.05, 4.69) is 0 Å². The molecule has 0 atom stereocenters. The molecule has 7 heteroatoms. The molecule has 1 aromatic carbocycles. The molecule has 1 fully saturated rings. The first kappa shape index (κ1) is 15.8. The summed E-state index contributed by atoms with van der Waals surface area (Å²) in [5.41, 5.74) is 6.26. The summed E-state index contributed by atoms with van der Waals surface area (Å²) < 4.78 is 31.8. The molecule has 0 spiro atoms. The fourth-order valence-corrected chi connectivity index (χ4v) is 4.11. The highest BCUT2D eigenvalue weighted by molar-refractivity contribution is 7.89. The molecule has 0 unspecified atom stereocenters. The zero-order valence-electron chi connectivity index (χ0n) is 11.9. The summed E-state index contributed by atoms with van der Waals surface area (Å²) in [6.45, 7) is 1.60. The van der Waals surface area contributed by atoms with Gasteiger partial charge in [-0.15, -0.1) is 0 Å². The van der Waals surface area contributed by atoms with Crippen LogP contribution in [-0.2, 0) is 14.8 Å². The number of rotatable bonds is 4. The predicted molar refractivity (Wildman–Crippen MR) is 78.9 cm³/mol. The molecule has 1 saturated heterocycles. The second-order valence-corrected chi connectivity index (χ2v) is 7.07. The molecular formula is C14H19N3O3S. The van der Waals surface area contributed by atoms with Crippen molar-refractivity contribution >= 4 is 15.7 Å². The summed E-state index contributed by atoms with van der Waals surface area (Å²) >= 11 is 0. The van der Waals surface area contributed by atoms with Crippen molar-refractivity contribution in [1.29, 1.82) is 5.26 Å². The van der Waals surface area contributed by atoms with Crippen molar-refractivity contribution in [2.45, 2.75) is 17.7 Å². The van der Waals surface area contributed by atoms with Crippen LogP contribution in [0.3, 0.4) is 0 Å². The Hall–Kier alpha value is -1.62. The molecule has 0 radical (unpaired) electrons. The van der Waals surface area contributed by atoms with Gasteiger partial charge in [-0.2, -0.15) is 9.57 Å². The van der Waals surface area contributed by atoms with Gasteiger partial charge in [-0.1, -0.05) is 0 Å². The van der Waals surface area contributed by atoms with Gasteiger partial charge in [-0.05, 0) is 37.0 Å². The molecule has 0 saturated carbocycles. The number of sulfonamides is 1. The molecule has 1 aromatic rings. The van der Waals surface area contributed by atoms with Gasteiger partial charge in [0.05, 0.1) is 17.3 Å². The smallest absolute Gasteiger partial charge is 0.245 e. The monoisotopic (exact) mass is 309 g/mol. The van der Waals surface area contributed by atoms with E-state index < -0.39 is 10.0 Å². The highest BCUT2D eigenvalue weighted by Gasteiger charge is 2.30. The average Bonchev–Trinajstić information content (AvgIpc) is 2.47. The van der Waals surface area contributed by atoms with Gasteiger partial charge in [0.2, 0.25) is 10.0 Å². The fraction of sp³-hybridized carbons (Fsp3) is 0.500. The lowest BCUT2D eigenvalue weighted by atomic mass is 9.99. The predicted octanol–water partition coefficient (Wildman–Crippen LogP) is 1.19. The summed E-state index contributed by atoms with van der Waals surface area (Å²) in [6, 6.07) is 6.22. The van der Waals surface area contributed by atoms with E-state index in [9.17, 15) is 8.42 Å². The van der Waals surface area contributed by atoms with E-state index in [1.165, 1.54) is 22.5 Å². The summed E-state index contributed by atoms with van der Waals surface area (Å²) in [5.74, 6) is 0.403. The van der Waals surface area contributed by atoms with Gasteiger partial charge in [-0.25, -0.2) is 8.42 Å². The number of anilines is 1. The van der Waals surface area contributed by atoms with Crippen LogP contribution in [0.4, 0.5) is 5.69 Å². The lowest BCUT2D eigenvalue weighted by Gasteiger charge is -2.31. The number of benzene rings is 1. The summed E-state index contributed by atoms with van der Waals surface area (Å²) in [7, 11) is -1.94. The van der Waals surface area contributed by atoms with Crippen LogP contribution in [0.5, 0.6) is 0 Å². The van der Waals surface area contributed by atoms with Gasteiger partial charge >= 0.3 is 0 Å². The average molecular weight is 309 g/mol. The molecule has 1 heterocycles. The largest absolute Gasteiger partial charge is 0.398 e. The third kappa shape index (κ3) is 3.35. The SMILES string of the molecule is COCC1CCN(S(=O)(=O)c2ccc(C#N)cc2N)CC1. The van der Waals surface area contributed by atoms with Crippen LogP contribution in [0.1, 0.15) is 18.4 Å². The van der Waals surface area contributed by atoms with Crippen molar-refractivity contribution in [3.8, 4) is 6.07 Å². The number of nitrogens with two attached hydrogens (primary N) is 1. The standard InChI is InChI=1S/C14H19N3O3S/c1-20-10-11-4-6-17(7-5-11)21(18,19)14-3-2-12(9-15)8-13(14)16/h2-3,8,11H,4-7,10,16H2,1H3. The Morgan fingerprint density at radius 1 is 1.43 bits per heavy atom. The van der Waals surface area contributed by atoms with Crippen LogP contribution in [0.15, 0.2) is 23.1 Å². The number of methoxy groups -OCH3 is 1. The first-order valence-electron chi connectivity index (χ1n) is 6.77. The molecule has 2 rings (SSSR count). The summed E-state index contributed by atoms with van der Waals surface area (Å²) in [6.07, 6.45) is 1.56. The highest BCUT2D eigenvalue weighted by atomic mass is 32.2. The molecular weight excluding hydrogens is 290 g/mol. The van der Waals surface area contributed by atoms with Crippen molar-refractivity contribution in [3.05, 3.63) is 23.8 Å². The van der Waals surface area contributed by atoms with Gasteiger partial charge in [0, 0.05) is 26.8 Å². The molecule has 21 heavy (non-hydrogen) atoms. The highest BCUT2D eigenvalue weighted by Crippen LogP contribution is 2.27. The quantitative estimate of drug-likeness (QED) is 0.843. The normalized spacial score (nSPS) is 17.5. The van der Waals surface area contributed by atoms with Crippen LogP contribution >= 0.6 is 0 Å². The van der Waals surface area contributed by atoms with Crippen LogP contribution < -0.4 is 5.73 Å². The maximum absolute atomic E-state index is 12.6. The van der Waals surface area contributed by atoms with Gasteiger partial charge in [0.15, 0.2) is 0 Å². The molecule has 2 N–H and O–H groups in total. The van der Waals surface area contributed by atoms with Gasteiger partial charge in [0.1, 0.15) is 4.90 Å². The van der Waals surface area contributed by atoms with Gasteiger partial charge < -0.3 is 10.5 Å². The third-order valence-corrected chi connectivity index (χ3v) is 5.71. The minimum atomic E-state index is -3.60. The maximum Gasteiger partial charge on any atom is 0.245 e. The molecule has 1 aliphatic rings. The first-order valence-corrected chi connectivity index (χ1v) is 8.21. The molecule has 6 nitrogen and oxygen atoms in total. The Bertz CT molecular complexity index is 644. The molecule has 0 bridgehead atoms. The van der Waals surface area contributed by atoms with Crippen LogP contribution in [0.25, 0.3) is 0 Å². The van der Waals surface area contributed by atoms with E-state index in [-0.39, 0.29) is 10.6 Å². The van der Waals surface area contributed by atoms with E-state index in [1.54, 1.807) is 7.11 Å². The number of ether oxygens (including phenoxy) is 1.